The number of ether oxygens (including phenoxy) is 1. The lowest BCUT2D eigenvalue weighted by atomic mass is 10.00. The average Bonchev–Trinajstić information content (AvgIpc) is 3.07. The van der Waals surface area contributed by atoms with Crippen LogP contribution in [0, 0.1) is 0 Å². The number of carbonyl (C=O) groups is 4. The number of carbonyl (C=O) groups excluding carboxylic acids is 4. The van der Waals surface area contributed by atoms with Crippen LogP contribution in [0.25, 0.3) is 0 Å². The molecule has 1 aliphatic heterocycles. The van der Waals surface area contributed by atoms with Crippen LogP contribution in [0.3, 0.4) is 0 Å². The number of nitrogens with one attached hydrogen (secondary N) is 2. The fraction of sp³-hybridized carbons (Fsp3) is 0.889. The summed E-state index contributed by atoms with van der Waals surface area (Å²) in [6.07, 6.45) is 23.4. The number of rotatable bonds is 24. The first-order chi connectivity index (χ1) is 22.8. The highest BCUT2D eigenvalue weighted by Gasteiger charge is 2.33. The van der Waals surface area contributed by atoms with Crippen LogP contribution in [0.2, 0.25) is 0 Å². The van der Waals surface area contributed by atoms with Gasteiger partial charge in [0.05, 0.1) is 6.61 Å². The van der Waals surface area contributed by atoms with E-state index in [2.05, 4.69) is 17.6 Å². The molecule has 0 aromatic rings. The van der Waals surface area contributed by atoms with E-state index in [9.17, 15) is 19.2 Å². The van der Waals surface area contributed by atoms with Crippen molar-refractivity contribution >= 4 is 24.2 Å². The summed E-state index contributed by atoms with van der Waals surface area (Å²) in [5.41, 5.74) is 0. The minimum atomic E-state index is -0.688. The smallest absolute Gasteiger partial charge is 0.417 e. The molecule has 0 aromatic carbocycles. The summed E-state index contributed by atoms with van der Waals surface area (Å²) in [4.78, 5) is 57.5. The maximum Gasteiger partial charge on any atom is 0.417 e. The Labute approximate surface area is 286 Å². The van der Waals surface area contributed by atoms with Crippen molar-refractivity contribution in [1.82, 2.24) is 30.2 Å². The Bertz CT molecular complexity index is 858. The molecule has 47 heavy (non-hydrogen) atoms. The SMILES string of the molecule is CCCCCCCCCCCCCCCCCCN(C(=O)NC)C(=O)N1CCCCC1CCOC(=O)N(CCCN(C)C)C(=O)NC. The minimum absolute atomic E-state index is 0.0908. The van der Waals surface area contributed by atoms with Crippen molar-refractivity contribution in [1.29, 1.82) is 0 Å². The van der Waals surface area contributed by atoms with Crippen LogP contribution < -0.4 is 10.6 Å². The molecule has 1 saturated heterocycles. The van der Waals surface area contributed by atoms with Crippen molar-refractivity contribution in [2.24, 2.45) is 0 Å². The second kappa shape index (κ2) is 27.4. The topological polar surface area (TPSA) is 115 Å². The molecule has 0 aromatic heterocycles. The van der Waals surface area contributed by atoms with Gasteiger partial charge in [-0.3, -0.25) is 0 Å². The van der Waals surface area contributed by atoms with Gasteiger partial charge in [-0.1, -0.05) is 103 Å². The first-order valence-electron chi connectivity index (χ1n) is 18.9. The zero-order chi connectivity index (χ0) is 34.7. The summed E-state index contributed by atoms with van der Waals surface area (Å²) in [5, 5.41) is 5.14. The first-order valence-corrected chi connectivity index (χ1v) is 18.9. The maximum atomic E-state index is 13.6. The molecule has 0 radical (unpaired) electrons. The zero-order valence-corrected chi connectivity index (χ0v) is 30.8. The molecular formula is C36H70N6O5. The van der Waals surface area contributed by atoms with Crippen LogP contribution in [0.4, 0.5) is 19.2 Å². The van der Waals surface area contributed by atoms with E-state index in [4.69, 9.17) is 4.74 Å². The Morgan fingerprint density at radius 2 is 1.15 bits per heavy atom. The number of imide groups is 2. The number of likely N-dealkylation sites (tertiary alicyclic amines) is 1. The fourth-order valence-corrected chi connectivity index (χ4v) is 6.26. The van der Waals surface area contributed by atoms with Gasteiger partial charge < -0.3 is 25.2 Å². The third-order valence-electron chi connectivity index (χ3n) is 9.14. The second-order valence-corrected chi connectivity index (χ2v) is 13.4. The lowest BCUT2D eigenvalue weighted by molar-refractivity contribution is 0.0850. The van der Waals surface area contributed by atoms with E-state index in [1.165, 1.54) is 95.4 Å². The van der Waals surface area contributed by atoms with Crippen molar-refractivity contribution in [2.45, 2.75) is 148 Å². The van der Waals surface area contributed by atoms with Gasteiger partial charge in [-0.2, -0.15) is 0 Å². The highest BCUT2D eigenvalue weighted by Crippen LogP contribution is 2.22. The molecular weight excluding hydrogens is 596 g/mol. The van der Waals surface area contributed by atoms with Crippen molar-refractivity contribution in [3.63, 3.8) is 0 Å². The quantitative estimate of drug-likeness (QED) is 0.101. The zero-order valence-electron chi connectivity index (χ0n) is 30.8. The summed E-state index contributed by atoms with van der Waals surface area (Å²) in [6.45, 7) is 4.31. The molecule has 1 aliphatic rings. The third-order valence-corrected chi connectivity index (χ3v) is 9.14. The van der Waals surface area contributed by atoms with E-state index < -0.39 is 12.1 Å². The van der Waals surface area contributed by atoms with Crippen LogP contribution in [0.1, 0.15) is 142 Å². The molecule has 0 saturated carbocycles. The van der Waals surface area contributed by atoms with E-state index in [1.807, 2.05) is 19.0 Å². The molecule has 274 valence electrons. The number of piperidine rings is 1. The predicted octanol–water partition coefficient (Wildman–Crippen LogP) is 7.98. The summed E-state index contributed by atoms with van der Waals surface area (Å²) in [6, 6.07) is -1.30. The molecule has 0 aliphatic carbocycles. The summed E-state index contributed by atoms with van der Waals surface area (Å²) in [5.74, 6) is 0. The molecule has 1 heterocycles. The van der Waals surface area contributed by atoms with Crippen LogP contribution in [0.15, 0.2) is 0 Å². The van der Waals surface area contributed by atoms with Crippen molar-refractivity contribution in [2.75, 3.05) is 61.0 Å². The summed E-state index contributed by atoms with van der Waals surface area (Å²) < 4.78 is 5.49. The lowest BCUT2D eigenvalue weighted by Crippen LogP contribution is -2.54. The van der Waals surface area contributed by atoms with Crippen LogP contribution in [-0.4, -0.2) is 111 Å². The number of amides is 7. The molecule has 11 heteroatoms. The van der Waals surface area contributed by atoms with Gasteiger partial charge in [-0.25, -0.2) is 29.0 Å². The molecule has 2 N–H and O–H groups in total. The van der Waals surface area contributed by atoms with Crippen LogP contribution >= 0.6 is 0 Å². The van der Waals surface area contributed by atoms with Crippen LogP contribution in [-0.2, 0) is 4.74 Å². The molecule has 7 amide bonds. The number of unbranched alkanes of at least 4 members (excludes halogenated alkanes) is 15. The molecule has 0 spiro atoms. The largest absolute Gasteiger partial charge is 0.449 e. The van der Waals surface area contributed by atoms with Crippen molar-refractivity contribution < 1.29 is 23.9 Å². The molecule has 11 nitrogen and oxygen atoms in total. The number of nitrogens with zero attached hydrogens (tertiary/aromatic N) is 4. The van der Waals surface area contributed by atoms with Crippen LogP contribution in [0.5, 0.6) is 0 Å². The van der Waals surface area contributed by atoms with Gasteiger partial charge in [0.15, 0.2) is 0 Å². The third kappa shape index (κ3) is 19.1. The van der Waals surface area contributed by atoms with Gasteiger partial charge in [0, 0.05) is 46.2 Å². The molecule has 1 fully saturated rings. The lowest BCUT2D eigenvalue weighted by Gasteiger charge is -2.38. The first kappa shape index (κ1) is 42.5. The van der Waals surface area contributed by atoms with Gasteiger partial charge in [0.2, 0.25) is 0 Å². The van der Waals surface area contributed by atoms with E-state index >= 15 is 0 Å². The fourth-order valence-electron chi connectivity index (χ4n) is 6.26. The summed E-state index contributed by atoms with van der Waals surface area (Å²) >= 11 is 0. The minimum Gasteiger partial charge on any atom is -0.449 e. The Morgan fingerprint density at radius 1 is 0.660 bits per heavy atom. The van der Waals surface area contributed by atoms with E-state index in [-0.39, 0.29) is 31.3 Å². The molecule has 1 unspecified atom stereocenters. The Morgan fingerprint density at radius 3 is 1.66 bits per heavy atom. The second-order valence-electron chi connectivity index (χ2n) is 13.4. The molecule has 1 atom stereocenters. The predicted molar refractivity (Wildman–Crippen MR) is 191 cm³/mol. The van der Waals surface area contributed by atoms with Crippen molar-refractivity contribution in [3.8, 4) is 0 Å². The maximum absolute atomic E-state index is 13.6. The van der Waals surface area contributed by atoms with Gasteiger partial charge in [0.1, 0.15) is 0 Å². The number of urea groups is 3. The Kier molecular flexibility index (Phi) is 24.8. The highest BCUT2D eigenvalue weighted by atomic mass is 16.6. The molecule has 0 bridgehead atoms. The number of hydrogen-bond acceptors (Lipinski definition) is 6. The van der Waals surface area contributed by atoms with E-state index in [1.54, 1.807) is 11.9 Å². The van der Waals surface area contributed by atoms with E-state index in [0.29, 0.717) is 25.9 Å². The Balaban J connectivity index is 2.41. The standard InChI is InChI=1S/C36H70N6O5/c1-6-7-8-9-10-11-12-13-14-15-16-17-18-19-20-22-29-41(33(43)37-2)35(45)40-28-23-21-25-32(40)26-31-47-36(46)42(34(44)38-3)30-24-27-39(4)5/h32H,6-31H2,1-5H3,(H,37,43)(H,38,44). The van der Waals surface area contributed by atoms with Gasteiger partial charge in [0.25, 0.3) is 0 Å². The van der Waals surface area contributed by atoms with Gasteiger partial charge >= 0.3 is 24.2 Å². The summed E-state index contributed by atoms with van der Waals surface area (Å²) in [7, 11) is 6.91. The van der Waals surface area contributed by atoms with Gasteiger partial charge in [-0.05, 0) is 52.7 Å². The highest BCUT2D eigenvalue weighted by molar-refractivity contribution is 5.93. The monoisotopic (exact) mass is 667 g/mol. The number of hydrogen-bond donors (Lipinski definition) is 2. The molecule has 1 rings (SSSR count). The normalized spacial score (nSPS) is 14.6. The Hall–Kier alpha value is -2.56. The average molecular weight is 667 g/mol. The van der Waals surface area contributed by atoms with Gasteiger partial charge in [-0.15, -0.1) is 0 Å². The van der Waals surface area contributed by atoms with E-state index in [0.717, 1.165) is 50.0 Å². The van der Waals surface area contributed by atoms with Crippen molar-refractivity contribution in [3.05, 3.63) is 0 Å².